The first kappa shape index (κ1) is 29.9. The number of hydrogen-bond donors (Lipinski definition) is 0. The van der Waals surface area contributed by atoms with E-state index in [-0.39, 0.29) is 0 Å². The fraction of sp³-hybridized carbons (Fsp3) is 0. The summed E-state index contributed by atoms with van der Waals surface area (Å²) in [6.45, 7) is 0. The average molecular weight is 653 g/mol. The zero-order chi connectivity index (χ0) is 34.1. The van der Waals surface area contributed by atoms with Crippen LogP contribution in [0.25, 0.3) is 89.5 Å². The van der Waals surface area contributed by atoms with E-state index in [1.165, 1.54) is 0 Å². The summed E-state index contributed by atoms with van der Waals surface area (Å²) in [5.41, 5.74) is 11.3. The van der Waals surface area contributed by atoms with Crippen molar-refractivity contribution in [3.63, 3.8) is 0 Å². The van der Waals surface area contributed by atoms with Gasteiger partial charge in [0.15, 0.2) is 17.5 Å². The van der Waals surface area contributed by atoms with E-state index in [2.05, 4.69) is 84.9 Å². The normalized spacial score (nSPS) is 11.1. The standard InChI is InChI=1S/C46H28N4O/c47-29-30-20-22-32(23-21-30)35-15-8-17-37(27-35)45-48-44(36-16-7-14-34(26-36)31-10-3-1-4-11-31)49-46(50-45)38-24-25-40-42(28-38)51-41-19-9-18-39(43(40)41)33-12-5-2-6-13-33/h1-28H. The predicted octanol–water partition coefficient (Wildman–Crippen LogP) is 11.6. The van der Waals surface area contributed by atoms with E-state index in [0.717, 1.165) is 72.0 Å². The molecule has 0 fully saturated rings. The highest BCUT2D eigenvalue weighted by Gasteiger charge is 2.17. The second-order valence-corrected chi connectivity index (χ2v) is 12.4. The number of aromatic nitrogens is 3. The Morgan fingerprint density at radius 2 is 0.882 bits per heavy atom. The molecule has 0 aliphatic rings. The second kappa shape index (κ2) is 12.7. The van der Waals surface area contributed by atoms with Gasteiger partial charge in [-0.3, -0.25) is 0 Å². The van der Waals surface area contributed by atoms with Crippen molar-refractivity contribution in [3.8, 4) is 73.6 Å². The minimum absolute atomic E-state index is 0.550. The van der Waals surface area contributed by atoms with E-state index in [0.29, 0.717) is 23.0 Å². The minimum Gasteiger partial charge on any atom is -0.456 e. The topological polar surface area (TPSA) is 75.6 Å². The molecule has 0 unspecified atom stereocenters. The van der Waals surface area contributed by atoms with Gasteiger partial charge in [0.25, 0.3) is 0 Å². The number of benzene rings is 7. The number of furan rings is 1. The van der Waals surface area contributed by atoms with Crippen molar-refractivity contribution in [1.29, 1.82) is 5.26 Å². The fourth-order valence-corrected chi connectivity index (χ4v) is 6.63. The Morgan fingerprint density at radius 1 is 0.392 bits per heavy atom. The molecule has 0 atom stereocenters. The van der Waals surface area contributed by atoms with Crippen molar-refractivity contribution in [2.24, 2.45) is 0 Å². The van der Waals surface area contributed by atoms with Gasteiger partial charge in [-0.25, -0.2) is 15.0 Å². The van der Waals surface area contributed by atoms with Gasteiger partial charge in [-0.2, -0.15) is 5.26 Å². The maximum absolute atomic E-state index is 9.29. The molecule has 51 heavy (non-hydrogen) atoms. The van der Waals surface area contributed by atoms with Crippen LogP contribution >= 0.6 is 0 Å². The SMILES string of the molecule is N#Cc1ccc(-c2cccc(-c3nc(-c4cccc(-c5ccccc5)c4)nc(-c4ccc5c(c4)oc4cccc(-c6ccccc6)c45)n3)c2)cc1. The van der Waals surface area contributed by atoms with Gasteiger partial charge in [0.05, 0.1) is 11.6 Å². The van der Waals surface area contributed by atoms with Crippen LogP contribution in [0, 0.1) is 11.3 Å². The van der Waals surface area contributed by atoms with Gasteiger partial charge in [0, 0.05) is 27.5 Å². The lowest BCUT2D eigenvalue weighted by atomic mass is 9.99. The van der Waals surface area contributed by atoms with Crippen LogP contribution in [-0.2, 0) is 0 Å². The molecule has 2 heterocycles. The van der Waals surface area contributed by atoms with Crippen LogP contribution in [0.2, 0.25) is 0 Å². The molecule has 0 radical (unpaired) electrons. The van der Waals surface area contributed by atoms with Crippen molar-refractivity contribution in [3.05, 3.63) is 175 Å². The highest BCUT2D eigenvalue weighted by atomic mass is 16.3. The number of fused-ring (bicyclic) bond motifs is 3. The molecule has 0 bridgehead atoms. The van der Waals surface area contributed by atoms with E-state index in [4.69, 9.17) is 19.4 Å². The molecule has 0 aliphatic heterocycles. The van der Waals surface area contributed by atoms with Gasteiger partial charge >= 0.3 is 0 Å². The largest absolute Gasteiger partial charge is 0.456 e. The van der Waals surface area contributed by atoms with E-state index in [9.17, 15) is 5.26 Å². The van der Waals surface area contributed by atoms with Gasteiger partial charge in [-0.05, 0) is 75.8 Å². The summed E-state index contributed by atoms with van der Waals surface area (Å²) >= 11 is 0. The molecule has 0 N–H and O–H groups in total. The minimum atomic E-state index is 0.550. The zero-order valence-electron chi connectivity index (χ0n) is 27.4. The maximum atomic E-state index is 9.29. The Labute approximate surface area is 294 Å². The Morgan fingerprint density at radius 3 is 1.49 bits per heavy atom. The Bertz CT molecular complexity index is 2750. The van der Waals surface area contributed by atoms with E-state index in [1.54, 1.807) is 0 Å². The van der Waals surface area contributed by atoms with Crippen molar-refractivity contribution >= 4 is 21.9 Å². The van der Waals surface area contributed by atoms with Gasteiger partial charge in [-0.1, -0.05) is 127 Å². The van der Waals surface area contributed by atoms with Crippen molar-refractivity contribution in [2.75, 3.05) is 0 Å². The quantitative estimate of drug-likeness (QED) is 0.179. The van der Waals surface area contributed by atoms with Crippen LogP contribution in [0.5, 0.6) is 0 Å². The fourth-order valence-electron chi connectivity index (χ4n) is 6.63. The molecule has 238 valence electrons. The molecular formula is C46H28N4O. The molecule has 2 aromatic heterocycles. The highest BCUT2D eigenvalue weighted by molar-refractivity contribution is 6.13. The lowest BCUT2D eigenvalue weighted by Crippen LogP contribution is -2.00. The van der Waals surface area contributed by atoms with E-state index >= 15 is 0 Å². The summed E-state index contributed by atoms with van der Waals surface area (Å²) in [6.07, 6.45) is 0. The lowest BCUT2D eigenvalue weighted by Gasteiger charge is -2.11. The first-order chi connectivity index (χ1) is 25.2. The van der Waals surface area contributed by atoms with Crippen LogP contribution < -0.4 is 0 Å². The average Bonchev–Trinajstić information content (AvgIpc) is 3.60. The summed E-state index contributed by atoms with van der Waals surface area (Å²) in [6, 6.07) is 59.3. The molecule has 9 rings (SSSR count). The van der Waals surface area contributed by atoms with Crippen molar-refractivity contribution in [2.45, 2.75) is 0 Å². The number of nitrogens with zero attached hydrogens (tertiary/aromatic N) is 4. The first-order valence-electron chi connectivity index (χ1n) is 16.7. The Balaban J connectivity index is 1.20. The number of hydrogen-bond acceptors (Lipinski definition) is 5. The van der Waals surface area contributed by atoms with E-state index in [1.807, 2.05) is 91.0 Å². The summed E-state index contributed by atoms with van der Waals surface area (Å²) in [5, 5.41) is 11.4. The summed E-state index contributed by atoms with van der Waals surface area (Å²) < 4.78 is 6.46. The molecule has 5 heteroatoms. The van der Waals surface area contributed by atoms with Crippen LogP contribution in [0.4, 0.5) is 0 Å². The summed E-state index contributed by atoms with van der Waals surface area (Å²) in [5.74, 6) is 1.69. The lowest BCUT2D eigenvalue weighted by molar-refractivity contribution is 0.669. The van der Waals surface area contributed by atoms with Gasteiger partial charge in [-0.15, -0.1) is 0 Å². The van der Waals surface area contributed by atoms with Gasteiger partial charge in [0.2, 0.25) is 0 Å². The predicted molar refractivity (Wildman–Crippen MR) is 204 cm³/mol. The van der Waals surface area contributed by atoms with Gasteiger partial charge in [0.1, 0.15) is 11.2 Å². The third-order valence-electron chi connectivity index (χ3n) is 9.17. The third-order valence-corrected chi connectivity index (χ3v) is 9.17. The molecule has 0 spiro atoms. The van der Waals surface area contributed by atoms with Crippen molar-refractivity contribution < 1.29 is 4.42 Å². The molecule has 5 nitrogen and oxygen atoms in total. The number of rotatable bonds is 6. The number of nitriles is 1. The molecule has 9 aromatic rings. The highest BCUT2D eigenvalue weighted by Crippen LogP contribution is 2.38. The molecule has 0 aliphatic carbocycles. The van der Waals surface area contributed by atoms with Gasteiger partial charge < -0.3 is 4.42 Å². The van der Waals surface area contributed by atoms with Crippen LogP contribution in [0.15, 0.2) is 174 Å². The summed E-state index contributed by atoms with van der Waals surface area (Å²) in [4.78, 5) is 15.2. The van der Waals surface area contributed by atoms with Crippen LogP contribution in [0.1, 0.15) is 5.56 Å². The zero-order valence-corrected chi connectivity index (χ0v) is 27.4. The Hall–Kier alpha value is -7.16. The van der Waals surface area contributed by atoms with Crippen LogP contribution in [-0.4, -0.2) is 15.0 Å². The third kappa shape index (κ3) is 5.71. The molecule has 0 saturated heterocycles. The monoisotopic (exact) mass is 652 g/mol. The molecular weight excluding hydrogens is 625 g/mol. The molecule has 7 aromatic carbocycles. The van der Waals surface area contributed by atoms with Crippen molar-refractivity contribution in [1.82, 2.24) is 15.0 Å². The molecule has 0 saturated carbocycles. The van der Waals surface area contributed by atoms with E-state index < -0.39 is 0 Å². The van der Waals surface area contributed by atoms with Crippen LogP contribution in [0.3, 0.4) is 0 Å². The molecule has 0 amide bonds. The smallest absolute Gasteiger partial charge is 0.164 e. The first-order valence-corrected chi connectivity index (χ1v) is 16.7. The maximum Gasteiger partial charge on any atom is 0.164 e. The second-order valence-electron chi connectivity index (χ2n) is 12.4. The summed E-state index contributed by atoms with van der Waals surface area (Å²) in [7, 11) is 0. The Kier molecular flexibility index (Phi) is 7.46.